The molecule has 176 valence electrons. The van der Waals surface area contributed by atoms with E-state index in [-0.39, 0.29) is 29.1 Å². The van der Waals surface area contributed by atoms with Gasteiger partial charge in [-0.1, -0.05) is 32.9 Å². The topological polar surface area (TPSA) is 66.9 Å². The third-order valence-corrected chi connectivity index (χ3v) is 6.14. The van der Waals surface area contributed by atoms with Crippen molar-refractivity contribution in [2.45, 2.75) is 66.2 Å². The Morgan fingerprint density at radius 2 is 1.61 bits per heavy atom. The minimum absolute atomic E-state index is 0.0788. The number of benzene rings is 2. The smallest absolute Gasteiger partial charge is 0.274 e. The molecule has 0 saturated carbocycles. The molecule has 0 unspecified atom stereocenters. The first-order valence-electron chi connectivity index (χ1n) is 11.4. The molecule has 0 aliphatic carbocycles. The van der Waals surface area contributed by atoms with Crippen LogP contribution in [-0.2, 0) is 23.1 Å². The Balaban J connectivity index is 1.58. The highest BCUT2D eigenvalue weighted by atomic mass is 19.1. The highest BCUT2D eigenvalue weighted by molar-refractivity contribution is 5.76. The second kappa shape index (κ2) is 9.77. The lowest BCUT2D eigenvalue weighted by Gasteiger charge is -2.22. The van der Waals surface area contributed by atoms with Crippen molar-refractivity contribution in [1.29, 1.82) is 0 Å². The summed E-state index contributed by atoms with van der Waals surface area (Å²) in [6.45, 7) is 13.2. The molecule has 1 heterocycles. The predicted molar refractivity (Wildman–Crippen MR) is 131 cm³/mol. The van der Waals surface area contributed by atoms with Crippen LogP contribution in [0.1, 0.15) is 60.7 Å². The van der Waals surface area contributed by atoms with Crippen LogP contribution in [0, 0.1) is 26.6 Å². The zero-order chi connectivity index (χ0) is 24.3. The molecule has 33 heavy (non-hydrogen) atoms. The van der Waals surface area contributed by atoms with Gasteiger partial charge in [-0.3, -0.25) is 14.7 Å². The van der Waals surface area contributed by atoms with Gasteiger partial charge in [0.25, 0.3) is 5.56 Å². The van der Waals surface area contributed by atoms with Crippen LogP contribution < -0.4 is 10.9 Å². The van der Waals surface area contributed by atoms with Crippen LogP contribution in [0.3, 0.4) is 0 Å². The van der Waals surface area contributed by atoms with Crippen LogP contribution in [0.15, 0.2) is 41.2 Å². The van der Waals surface area contributed by atoms with Gasteiger partial charge in [0.05, 0.1) is 5.69 Å². The third-order valence-electron chi connectivity index (χ3n) is 6.14. The van der Waals surface area contributed by atoms with Gasteiger partial charge in [-0.25, -0.2) is 9.07 Å². The van der Waals surface area contributed by atoms with Gasteiger partial charge in [-0.2, -0.15) is 0 Å². The number of carbonyl (C=O) groups is 1. The SMILES string of the molecule is Cc1cc(C(C)(C)C)cc(C)c1CCNC(=O)CCc1c(C)[nH]n(-c2ccc(F)cc2)c1=O. The number of carbonyl (C=O) groups excluding carboxylic acids is 1. The third kappa shape index (κ3) is 5.81. The van der Waals surface area contributed by atoms with Crippen molar-refractivity contribution < 1.29 is 9.18 Å². The fourth-order valence-corrected chi connectivity index (χ4v) is 4.12. The molecule has 0 saturated heterocycles. The van der Waals surface area contributed by atoms with Crippen molar-refractivity contribution in [2.75, 3.05) is 6.54 Å². The van der Waals surface area contributed by atoms with E-state index in [1.54, 1.807) is 12.1 Å². The first kappa shape index (κ1) is 24.5. The van der Waals surface area contributed by atoms with Gasteiger partial charge in [0, 0.05) is 24.2 Å². The summed E-state index contributed by atoms with van der Waals surface area (Å²) in [5.74, 6) is -0.438. The highest BCUT2D eigenvalue weighted by Crippen LogP contribution is 2.27. The van der Waals surface area contributed by atoms with E-state index in [1.807, 2.05) is 6.92 Å². The Morgan fingerprint density at radius 3 is 2.18 bits per heavy atom. The summed E-state index contributed by atoms with van der Waals surface area (Å²) < 4.78 is 14.6. The molecule has 1 amide bonds. The number of aromatic nitrogens is 2. The Kier molecular flexibility index (Phi) is 7.25. The van der Waals surface area contributed by atoms with Crippen LogP contribution in [-0.4, -0.2) is 22.2 Å². The Morgan fingerprint density at radius 1 is 1.00 bits per heavy atom. The van der Waals surface area contributed by atoms with E-state index in [2.05, 4.69) is 57.2 Å². The van der Waals surface area contributed by atoms with Crippen molar-refractivity contribution in [1.82, 2.24) is 15.1 Å². The molecule has 0 aliphatic rings. The number of aromatic amines is 1. The number of nitrogens with one attached hydrogen (secondary N) is 2. The average molecular weight is 452 g/mol. The van der Waals surface area contributed by atoms with Crippen molar-refractivity contribution in [3.63, 3.8) is 0 Å². The largest absolute Gasteiger partial charge is 0.356 e. The molecule has 0 spiro atoms. The lowest BCUT2D eigenvalue weighted by molar-refractivity contribution is -0.121. The van der Waals surface area contributed by atoms with E-state index >= 15 is 0 Å². The second-order valence-electron chi connectivity index (χ2n) is 9.77. The molecule has 0 atom stereocenters. The minimum atomic E-state index is -0.359. The highest BCUT2D eigenvalue weighted by Gasteiger charge is 2.17. The van der Waals surface area contributed by atoms with Gasteiger partial charge in [-0.15, -0.1) is 0 Å². The van der Waals surface area contributed by atoms with Crippen molar-refractivity contribution in [2.24, 2.45) is 0 Å². The lowest BCUT2D eigenvalue weighted by atomic mass is 9.83. The molecule has 2 N–H and O–H groups in total. The molecule has 0 bridgehead atoms. The molecule has 0 aliphatic heterocycles. The van der Waals surface area contributed by atoms with Gasteiger partial charge in [-0.05, 0) is 85.5 Å². The van der Waals surface area contributed by atoms with Crippen LogP contribution in [0.25, 0.3) is 5.69 Å². The Labute approximate surface area is 195 Å². The number of amides is 1. The zero-order valence-corrected chi connectivity index (χ0v) is 20.4. The minimum Gasteiger partial charge on any atom is -0.356 e. The number of H-pyrrole nitrogens is 1. The average Bonchev–Trinajstić information content (AvgIpc) is 3.01. The van der Waals surface area contributed by atoms with E-state index in [4.69, 9.17) is 0 Å². The zero-order valence-electron chi connectivity index (χ0n) is 20.4. The molecule has 6 heteroatoms. The Hall–Kier alpha value is -3.15. The maximum absolute atomic E-state index is 13.2. The van der Waals surface area contributed by atoms with Crippen molar-refractivity contribution >= 4 is 5.91 Å². The monoisotopic (exact) mass is 451 g/mol. The van der Waals surface area contributed by atoms with Crippen molar-refractivity contribution in [3.8, 4) is 5.69 Å². The quantitative estimate of drug-likeness (QED) is 0.541. The van der Waals surface area contributed by atoms with E-state index < -0.39 is 0 Å². The first-order valence-corrected chi connectivity index (χ1v) is 11.4. The van der Waals surface area contributed by atoms with E-state index in [1.165, 1.54) is 39.1 Å². The lowest BCUT2D eigenvalue weighted by Crippen LogP contribution is -2.27. The van der Waals surface area contributed by atoms with Gasteiger partial charge in [0.2, 0.25) is 5.91 Å². The molecular weight excluding hydrogens is 417 g/mol. The first-order chi connectivity index (χ1) is 15.5. The summed E-state index contributed by atoms with van der Waals surface area (Å²) in [6, 6.07) is 10.2. The summed E-state index contributed by atoms with van der Waals surface area (Å²) >= 11 is 0. The number of hydrogen-bond acceptors (Lipinski definition) is 2. The molecule has 0 fully saturated rings. The summed E-state index contributed by atoms with van der Waals surface area (Å²) in [5.41, 5.74) is 6.82. The molecule has 0 radical (unpaired) electrons. The Bertz CT molecular complexity index is 1170. The molecule has 1 aromatic heterocycles. The normalized spacial score (nSPS) is 11.6. The van der Waals surface area contributed by atoms with Crippen LogP contribution in [0.5, 0.6) is 0 Å². The fraction of sp³-hybridized carbons (Fsp3) is 0.407. The molecule has 2 aromatic carbocycles. The van der Waals surface area contributed by atoms with E-state index in [0.29, 0.717) is 29.9 Å². The number of aryl methyl sites for hydroxylation is 3. The van der Waals surface area contributed by atoms with Crippen LogP contribution in [0.4, 0.5) is 4.39 Å². The maximum Gasteiger partial charge on any atom is 0.274 e. The van der Waals surface area contributed by atoms with E-state index in [0.717, 1.165) is 6.42 Å². The molecule has 3 aromatic rings. The van der Waals surface area contributed by atoms with Gasteiger partial charge in [0.15, 0.2) is 0 Å². The summed E-state index contributed by atoms with van der Waals surface area (Å²) in [5, 5.41) is 6.00. The van der Waals surface area contributed by atoms with Gasteiger partial charge in [0.1, 0.15) is 5.82 Å². The maximum atomic E-state index is 13.2. The summed E-state index contributed by atoms with van der Waals surface area (Å²) in [4.78, 5) is 25.2. The fourth-order valence-electron chi connectivity index (χ4n) is 4.12. The van der Waals surface area contributed by atoms with Gasteiger partial charge < -0.3 is 5.32 Å². The number of halogens is 1. The number of hydrogen-bond donors (Lipinski definition) is 2. The number of rotatable bonds is 7. The van der Waals surface area contributed by atoms with Crippen LogP contribution in [0.2, 0.25) is 0 Å². The van der Waals surface area contributed by atoms with Crippen molar-refractivity contribution in [3.05, 3.63) is 86.1 Å². The number of nitrogens with zero attached hydrogens (tertiary/aromatic N) is 1. The predicted octanol–water partition coefficient (Wildman–Crippen LogP) is 4.82. The summed E-state index contributed by atoms with van der Waals surface area (Å²) in [7, 11) is 0. The molecular formula is C27H34FN3O2. The van der Waals surface area contributed by atoms with Gasteiger partial charge >= 0.3 is 0 Å². The molecule has 5 nitrogen and oxygen atoms in total. The van der Waals surface area contributed by atoms with Crippen LogP contribution >= 0.6 is 0 Å². The summed E-state index contributed by atoms with van der Waals surface area (Å²) in [6.07, 6.45) is 1.35. The molecule has 3 rings (SSSR count). The second-order valence-corrected chi connectivity index (χ2v) is 9.77. The van der Waals surface area contributed by atoms with E-state index in [9.17, 15) is 14.0 Å². The standard InChI is InChI=1S/C27H34FN3O2/c1-17-15-20(27(4,5)6)16-18(2)23(17)13-14-29-25(32)12-11-24-19(3)30-31(26(24)33)22-9-7-21(28)8-10-22/h7-10,15-16,30H,11-14H2,1-6H3,(H,29,32).